The molecule has 3 aromatic rings. The van der Waals surface area contributed by atoms with E-state index in [1.54, 1.807) is 18.4 Å². The molecule has 2 aromatic heterocycles. The number of fused-ring (bicyclic) bond motifs is 1. The molecule has 0 aliphatic heterocycles. The predicted octanol–water partition coefficient (Wildman–Crippen LogP) is 3.05. The summed E-state index contributed by atoms with van der Waals surface area (Å²) < 4.78 is 29.4. The zero-order valence-corrected chi connectivity index (χ0v) is 12.3. The normalized spacial score (nSPS) is 12.9. The van der Waals surface area contributed by atoms with Gasteiger partial charge in [0.2, 0.25) is 0 Å². The Balaban J connectivity index is 1.77. The smallest absolute Gasteiger partial charge is 0.193 e. The van der Waals surface area contributed by atoms with Crippen LogP contribution in [-0.4, -0.2) is 22.5 Å². The summed E-state index contributed by atoms with van der Waals surface area (Å²) in [6, 6.07) is 3.89. The van der Waals surface area contributed by atoms with Crippen molar-refractivity contribution in [3.05, 3.63) is 58.9 Å². The summed E-state index contributed by atoms with van der Waals surface area (Å²) >= 11 is 1.56. The Morgan fingerprint density at radius 2 is 2.05 bits per heavy atom. The van der Waals surface area contributed by atoms with Crippen molar-refractivity contribution in [3.8, 4) is 0 Å². The molecule has 0 saturated carbocycles. The number of rotatable bonds is 5. The number of imidazole rings is 1. The molecule has 1 atom stereocenters. The van der Waals surface area contributed by atoms with Crippen LogP contribution in [0.25, 0.3) is 4.96 Å². The summed E-state index contributed by atoms with van der Waals surface area (Å²) in [5.41, 5.74) is 1.04. The summed E-state index contributed by atoms with van der Waals surface area (Å²) in [7, 11) is 1.79. The number of benzene rings is 1. The van der Waals surface area contributed by atoms with Crippen molar-refractivity contribution in [3.63, 3.8) is 0 Å². The third-order valence-electron chi connectivity index (χ3n) is 3.52. The molecule has 0 amide bonds. The van der Waals surface area contributed by atoms with Gasteiger partial charge >= 0.3 is 0 Å². The molecule has 3 rings (SSSR count). The van der Waals surface area contributed by atoms with Gasteiger partial charge in [-0.25, -0.2) is 13.8 Å². The second-order valence-electron chi connectivity index (χ2n) is 4.92. The third-order valence-corrected chi connectivity index (χ3v) is 4.29. The highest BCUT2D eigenvalue weighted by atomic mass is 32.1. The van der Waals surface area contributed by atoms with Gasteiger partial charge in [0.15, 0.2) is 4.96 Å². The number of likely N-dealkylation sites (N-methyl/N-ethyl adjacent to an activating group) is 1. The Morgan fingerprint density at radius 3 is 2.71 bits per heavy atom. The predicted molar refractivity (Wildman–Crippen MR) is 79.7 cm³/mol. The molecule has 1 aromatic carbocycles. The average Bonchev–Trinajstić information content (AvgIpc) is 3.02. The van der Waals surface area contributed by atoms with Gasteiger partial charge in [-0.1, -0.05) is 6.07 Å². The summed E-state index contributed by atoms with van der Waals surface area (Å²) in [6.45, 7) is 0. The van der Waals surface area contributed by atoms with Crippen LogP contribution < -0.4 is 5.32 Å². The van der Waals surface area contributed by atoms with Gasteiger partial charge < -0.3 is 5.32 Å². The number of hydrogen-bond acceptors (Lipinski definition) is 3. The van der Waals surface area contributed by atoms with Crippen LogP contribution in [0, 0.1) is 11.6 Å². The molecule has 6 heteroatoms. The van der Waals surface area contributed by atoms with Gasteiger partial charge in [0.05, 0.1) is 5.69 Å². The molecule has 2 heterocycles. The van der Waals surface area contributed by atoms with E-state index in [0.717, 1.165) is 10.7 Å². The van der Waals surface area contributed by atoms with E-state index in [1.807, 2.05) is 22.2 Å². The van der Waals surface area contributed by atoms with E-state index in [1.165, 1.54) is 18.2 Å². The summed E-state index contributed by atoms with van der Waals surface area (Å²) in [5.74, 6) is -0.998. The van der Waals surface area contributed by atoms with Gasteiger partial charge in [-0.3, -0.25) is 4.40 Å². The van der Waals surface area contributed by atoms with Crippen LogP contribution in [0.5, 0.6) is 0 Å². The number of hydrogen-bond donors (Lipinski definition) is 1. The molecule has 3 nitrogen and oxygen atoms in total. The fourth-order valence-electron chi connectivity index (χ4n) is 2.38. The van der Waals surface area contributed by atoms with E-state index in [0.29, 0.717) is 12.8 Å². The third kappa shape index (κ3) is 2.96. The van der Waals surface area contributed by atoms with E-state index in [9.17, 15) is 8.78 Å². The van der Waals surface area contributed by atoms with Gasteiger partial charge in [-0.2, -0.15) is 0 Å². The van der Waals surface area contributed by atoms with Gasteiger partial charge in [-0.15, -0.1) is 11.3 Å². The van der Waals surface area contributed by atoms with Crippen LogP contribution in [-0.2, 0) is 12.8 Å². The van der Waals surface area contributed by atoms with Crippen molar-refractivity contribution in [1.29, 1.82) is 0 Å². The number of halogens is 2. The summed E-state index contributed by atoms with van der Waals surface area (Å²) in [6.07, 6.45) is 4.81. The van der Waals surface area contributed by atoms with Crippen molar-refractivity contribution < 1.29 is 8.78 Å². The van der Waals surface area contributed by atoms with Crippen LogP contribution in [0.4, 0.5) is 8.78 Å². The molecule has 0 bridgehead atoms. The Kier molecular flexibility index (Phi) is 3.98. The second kappa shape index (κ2) is 5.91. The molecule has 0 aliphatic carbocycles. The highest BCUT2D eigenvalue weighted by Gasteiger charge is 2.16. The minimum absolute atomic E-state index is 0.0685. The minimum atomic E-state index is -0.499. The standard InChI is InChI=1S/C15H15F2N3S/c1-18-10(8-12-13(16)3-2-4-14(12)17)7-11-9-20-5-6-21-15(20)19-11/h2-6,9-10,18H,7-8H2,1H3. The average molecular weight is 307 g/mol. The van der Waals surface area contributed by atoms with Crippen molar-refractivity contribution >= 4 is 16.3 Å². The molecular formula is C15H15F2N3S. The first kappa shape index (κ1) is 14.2. The van der Waals surface area contributed by atoms with Gasteiger partial charge in [0, 0.05) is 35.8 Å². The van der Waals surface area contributed by atoms with Gasteiger partial charge in [0.1, 0.15) is 11.6 Å². The Morgan fingerprint density at radius 1 is 1.29 bits per heavy atom. The first-order chi connectivity index (χ1) is 10.2. The molecule has 1 N–H and O–H groups in total. The zero-order chi connectivity index (χ0) is 14.8. The lowest BCUT2D eigenvalue weighted by Crippen LogP contribution is -2.30. The largest absolute Gasteiger partial charge is 0.316 e. The van der Waals surface area contributed by atoms with Crippen molar-refractivity contribution in [2.45, 2.75) is 18.9 Å². The molecule has 0 fully saturated rings. The number of aromatic nitrogens is 2. The van der Waals surface area contributed by atoms with Gasteiger partial charge in [-0.05, 0) is 25.6 Å². The van der Waals surface area contributed by atoms with E-state index in [-0.39, 0.29) is 11.6 Å². The molecule has 0 spiro atoms. The lowest BCUT2D eigenvalue weighted by molar-refractivity contribution is 0.499. The van der Waals surface area contributed by atoms with Crippen molar-refractivity contribution in [2.24, 2.45) is 0 Å². The zero-order valence-electron chi connectivity index (χ0n) is 11.5. The molecule has 0 radical (unpaired) electrons. The van der Waals surface area contributed by atoms with Crippen LogP contribution in [0.3, 0.4) is 0 Å². The fourth-order valence-corrected chi connectivity index (χ4v) is 3.10. The topological polar surface area (TPSA) is 29.3 Å². The van der Waals surface area contributed by atoms with Crippen LogP contribution in [0.2, 0.25) is 0 Å². The maximum absolute atomic E-state index is 13.7. The maximum Gasteiger partial charge on any atom is 0.193 e. The molecular weight excluding hydrogens is 292 g/mol. The SMILES string of the molecule is CNC(Cc1cn2ccsc2n1)Cc1c(F)cccc1F. The van der Waals surface area contributed by atoms with E-state index < -0.39 is 11.6 Å². The highest BCUT2D eigenvalue weighted by Crippen LogP contribution is 2.17. The quantitative estimate of drug-likeness (QED) is 0.785. The summed E-state index contributed by atoms with van der Waals surface area (Å²) in [5, 5.41) is 5.08. The minimum Gasteiger partial charge on any atom is -0.316 e. The van der Waals surface area contributed by atoms with E-state index in [2.05, 4.69) is 10.3 Å². The first-order valence-corrected chi connectivity index (χ1v) is 7.56. The number of thiazole rings is 1. The highest BCUT2D eigenvalue weighted by molar-refractivity contribution is 7.15. The molecule has 0 saturated heterocycles. The van der Waals surface area contributed by atoms with E-state index in [4.69, 9.17) is 0 Å². The van der Waals surface area contributed by atoms with E-state index >= 15 is 0 Å². The van der Waals surface area contributed by atoms with Crippen LogP contribution >= 0.6 is 11.3 Å². The molecule has 0 aliphatic rings. The summed E-state index contributed by atoms with van der Waals surface area (Å²) in [4.78, 5) is 5.43. The van der Waals surface area contributed by atoms with Crippen LogP contribution in [0.1, 0.15) is 11.3 Å². The molecule has 21 heavy (non-hydrogen) atoms. The maximum atomic E-state index is 13.7. The number of nitrogens with zero attached hydrogens (tertiary/aromatic N) is 2. The van der Waals surface area contributed by atoms with Crippen molar-refractivity contribution in [2.75, 3.05) is 7.05 Å². The molecule has 1 unspecified atom stereocenters. The monoisotopic (exact) mass is 307 g/mol. The van der Waals surface area contributed by atoms with Crippen LogP contribution in [0.15, 0.2) is 36.0 Å². The Labute approximate surface area is 125 Å². The second-order valence-corrected chi connectivity index (χ2v) is 5.79. The number of nitrogens with one attached hydrogen (secondary N) is 1. The lowest BCUT2D eigenvalue weighted by atomic mass is 10.0. The Hall–Kier alpha value is -1.79. The van der Waals surface area contributed by atoms with Gasteiger partial charge in [0.25, 0.3) is 0 Å². The lowest BCUT2D eigenvalue weighted by Gasteiger charge is -2.15. The first-order valence-electron chi connectivity index (χ1n) is 6.68. The molecule has 110 valence electrons. The Bertz CT molecular complexity index is 702. The fraction of sp³-hybridized carbons (Fsp3) is 0.267. The van der Waals surface area contributed by atoms with Crippen molar-refractivity contribution in [1.82, 2.24) is 14.7 Å².